The molecule has 2 nitrogen and oxygen atoms in total. The van der Waals surface area contributed by atoms with Crippen LogP contribution in [0.3, 0.4) is 0 Å². The van der Waals surface area contributed by atoms with Crippen molar-refractivity contribution in [3.05, 3.63) is 35.6 Å². The minimum Gasteiger partial charge on any atom is -0.481 e. The molecule has 1 N–H and O–H groups in total. The SMILES string of the molecule is C[C@@H](Cc1cccc(F)c1)C(=O)O.FF.FF.FF.FF. The first kappa shape index (κ1) is 27.4. The second-order valence-electron chi connectivity index (χ2n) is 3.07. The number of hydrogen-bond acceptors (Lipinski definition) is 1. The number of halogens is 9. The molecule has 0 saturated carbocycles. The molecule has 0 aliphatic heterocycles. The van der Waals surface area contributed by atoms with Gasteiger partial charge in [-0.05, 0) is 24.1 Å². The van der Waals surface area contributed by atoms with Crippen LogP contribution in [0.5, 0.6) is 0 Å². The summed E-state index contributed by atoms with van der Waals surface area (Å²) in [6.07, 6.45) is 0.368. The molecular weight excluding hydrogens is 323 g/mol. The normalized spacial score (nSPS) is 8.86. The van der Waals surface area contributed by atoms with Crippen LogP contribution in [0, 0.1) is 11.7 Å². The van der Waals surface area contributed by atoms with E-state index in [0.717, 1.165) is 5.56 Å². The Morgan fingerprint density at radius 1 is 1.05 bits per heavy atom. The highest BCUT2D eigenvalue weighted by molar-refractivity contribution is 5.69. The Morgan fingerprint density at radius 3 is 1.81 bits per heavy atom. The smallest absolute Gasteiger partial charge is 0.306 e. The fourth-order valence-electron chi connectivity index (χ4n) is 1.10. The average Bonchev–Trinajstić information content (AvgIpc) is 2.55. The van der Waals surface area contributed by atoms with Gasteiger partial charge in [0.15, 0.2) is 0 Å². The van der Waals surface area contributed by atoms with Gasteiger partial charge >= 0.3 is 5.97 Å². The van der Waals surface area contributed by atoms with E-state index in [2.05, 4.69) is 0 Å². The summed E-state index contributed by atoms with van der Waals surface area (Å²) in [4.78, 5) is 10.5. The number of carboxylic acids is 1. The summed E-state index contributed by atoms with van der Waals surface area (Å²) in [7, 11) is 0. The molecule has 0 aliphatic rings. The summed E-state index contributed by atoms with van der Waals surface area (Å²) in [6, 6.07) is 6.01. The van der Waals surface area contributed by atoms with Gasteiger partial charge in [-0.1, -0.05) is 19.1 Å². The van der Waals surface area contributed by atoms with Crippen LogP contribution >= 0.6 is 0 Å². The van der Waals surface area contributed by atoms with E-state index in [0.29, 0.717) is 6.42 Å². The zero-order valence-corrected chi connectivity index (χ0v) is 10.4. The molecule has 0 saturated heterocycles. The first-order valence-corrected chi connectivity index (χ1v) is 4.64. The molecule has 0 aliphatic carbocycles. The number of rotatable bonds is 3. The van der Waals surface area contributed by atoms with E-state index in [1.54, 1.807) is 19.1 Å². The van der Waals surface area contributed by atoms with Gasteiger partial charge in [-0.25, -0.2) is 4.39 Å². The lowest BCUT2D eigenvalue weighted by Crippen LogP contribution is -2.12. The largest absolute Gasteiger partial charge is 0.481 e. The number of hydrogen-bond donors (Lipinski definition) is 1. The minimum atomic E-state index is -0.857. The first-order valence-electron chi connectivity index (χ1n) is 4.64. The van der Waals surface area contributed by atoms with Gasteiger partial charge in [0.05, 0.1) is 5.92 Å². The van der Waals surface area contributed by atoms with Crippen molar-refractivity contribution in [3.63, 3.8) is 0 Å². The molecule has 126 valence electrons. The summed E-state index contributed by atoms with van der Waals surface area (Å²) >= 11 is 0. The molecule has 0 radical (unpaired) electrons. The second-order valence-corrected chi connectivity index (χ2v) is 3.07. The fourth-order valence-corrected chi connectivity index (χ4v) is 1.10. The van der Waals surface area contributed by atoms with E-state index in [-0.39, 0.29) is 5.82 Å². The van der Waals surface area contributed by atoms with Crippen LogP contribution in [0.25, 0.3) is 0 Å². The fraction of sp³-hybridized carbons (Fsp3) is 0.300. The Hall–Kier alpha value is -1.94. The molecule has 0 fully saturated rings. The van der Waals surface area contributed by atoms with Crippen LogP contribution in [0.1, 0.15) is 12.5 Å². The maximum atomic E-state index is 12.7. The molecule has 1 rings (SSSR count). The quantitative estimate of drug-likeness (QED) is 0.746. The second kappa shape index (κ2) is 23.2. The molecule has 21 heavy (non-hydrogen) atoms. The minimum absolute atomic E-state index is 0.324. The molecule has 0 heterocycles. The van der Waals surface area contributed by atoms with Gasteiger partial charge in [-0.2, -0.15) is 0 Å². The Balaban J connectivity index is -0.000000156. The van der Waals surface area contributed by atoms with Gasteiger partial charge in [-0.3, -0.25) is 4.79 Å². The summed E-state index contributed by atoms with van der Waals surface area (Å²) in [5, 5.41) is 8.62. The highest BCUT2D eigenvalue weighted by Crippen LogP contribution is 2.10. The zero-order chi connectivity index (χ0) is 17.8. The van der Waals surface area contributed by atoms with Crippen LogP contribution in [0.2, 0.25) is 0 Å². The molecule has 11 heteroatoms. The van der Waals surface area contributed by atoms with Crippen molar-refractivity contribution < 1.29 is 50.9 Å². The van der Waals surface area contributed by atoms with Crippen molar-refractivity contribution in [1.29, 1.82) is 0 Å². The summed E-state index contributed by atoms with van der Waals surface area (Å²) in [5.41, 5.74) is 0.718. The molecule has 1 atom stereocenters. The number of aliphatic carboxylic acids is 1. The first-order chi connectivity index (χ1) is 10.1. The van der Waals surface area contributed by atoms with Crippen LogP contribution in [-0.4, -0.2) is 11.1 Å². The molecule has 0 unspecified atom stereocenters. The average molecular weight is 334 g/mol. The van der Waals surface area contributed by atoms with Gasteiger partial charge < -0.3 is 5.11 Å². The van der Waals surface area contributed by atoms with Crippen molar-refractivity contribution in [2.24, 2.45) is 5.92 Å². The van der Waals surface area contributed by atoms with E-state index in [9.17, 15) is 9.18 Å². The maximum absolute atomic E-state index is 12.7. The third-order valence-corrected chi connectivity index (χ3v) is 1.85. The molecule has 0 bridgehead atoms. The molecular formula is C10H11F9O2. The lowest BCUT2D eigenvalue weighted by atomic mass is 10.0. The van der Waals surface area contributed by atoms with Gasteiger partial charge in [0.2, 0.25) is 0 Å². The van der Waals surface area contributed by atoms with E-state index in [1.165, 1.54) is 12.1 Å². The molecule has 1 aromatic rings. The maximum Gasteiger partial charge on any atom is 0.306 e. The summed E-state index contributed by atoms with van der Waals surface area (Å²) in [6.45, 7) is 1.60. The van der Waals surface area contributed by atoms with Crippen LogP contribution in [0.4, 0.5) is 41.0 Å². The summed E-state index contributed by atoms with van der Waals surface area (Å²) in [5.74, 6) is -1.65. The van der Waals surface area contributed by atoms with Gasteiger partial charge in [0.25, 0.3) is 0 Å². The highest BCUT2D eigenvalue weighted by atomic mass is 20.0. The summed E-state index contributed by atoms with van der Waals surface area (Å²) < 4.78 is 76.7. The third kappa shape index (κ3) is 18.1. The van der Waals surface area contributed by atoms with E-state index in [1.807, 2.05) is 0 Å². The lowest BCUT2D eigenvalue weighted by molar-refractivity contribution is -0.141. The Morgan fingerprint density at radius 2 is 1.48 bits per heavy atom. The molecule has 1 aromatic carbocycles. The van der Waals surface area contributed by atoms with Crippen molar-refractivity contribution in [2.45, 2.75) is 13.3 Å². The van der Waals surface area contributed by atoms with Crippen LogP contribution in [0.15, 0.2) is 24.3 Å². The van der Waals surface area contributed by atoms with Crippen LogP contribution in [-0.2, 0) is 11.2 Å². The van der Waals surface area contributed by atoms with Gasteiger partial charge in [0.1, 0.15) is 5.82 Å². The molecule has 0 amide bonds. The number of benzene rings is 1. The van der Waals surface area contributed by atoms with E-state index >= 15 is 0 Å². The monoisotopic (exact) mass is 334 g/mol. The van der Waals surface area contributed by atoms with Crippen molar-refractivity contribution in [1.82, 2.24) is 0 Å². The predicted molar refractivity (Wildman–Crippen MR) is 55.8 cm³/mol. The lowest BCUT2D eigenvalue weighted by Gasteiger charge is -2.05. The Labute approximate surface area is 113 Å². The number of carbonyl (C=O) groups is 1. The highest BCUT2D eigenvalue weighted by Gasteiger charge is 2.11. The van der Waals surface area contributed by atoms with E-state index < -0.39 is 11.9 Å². The standard InChI is InChI=1S/C10H11FO2.4F2/c1-7(10(12)13)5-8-3-2-4-9(11)6-8;4*1-2/h2-4,6-7H,5H2,1H3,(H,12,13);;;;/t7-;;;;/m0..../s1. The Bertz CT molecular complexity index is 325. The Kier molecular flexibility index (Phi) is 30.2. The van der Waals surface area contributed by atoms with Crippen molar-refractivity contribution in [3.8, 4) is 0 Å². The van der Waals surface area contributed by atoms with Gasteiger partial charge in [-0.15, -0.1) is 0 Å². The molecule has 0 aromatic heterocycles. The van der Waals surface area contributed by atoms with Crippen molar-refractivity contribution >= 4 is 5.97 Å². The predicted octanol–water partition coefficient (Wildman–Crippen LogP) is 5.45. The third-order valence-electron chi connectivity index (χ3n) is 1.85. The molecule has 0 spiro atoms. The van der Waals surface area contributed by atoms with Crippen molar-refractivity contribution in [2.75, 3.05) is 0 Å². The van der Waals surface area contributed by atoms with E-state index in [4.69, 9.17) is 41.7 Å². The van der Waals surface area contributed by atoms with Crippen LogP contribution < -0.4 is 0 Å². The zero-order valence-electron chi connectivity index (χ0n) is 10.4. The van der Waals surface area contributed by atoms with Gasteiger partial charge in [0, 0.05) is 36.6 Å². The number of carboxylic acid groups (broad SMARTS) is 1. The topological polar surface area (TPSA) is 37.3 Å².